The van der Waals surface area contributed by atoms with Gasteiger partial charge in [-0.25, -0.2) is 14.0 Å². The lowest BCUT2D eigenvalue weighted by Crippen LogP contribution is -2.48. The minimum Gasteiger partial charge on any atom is -0.491 e. The second-order valence-corrected chi connectivity index (χ2v) is 11.6. The molecule has 0 bridgehead atoms. The van der Waals surface area contributed by atoms with Crippen molar-refractivity contribution in [3.05, 3.63) is 29.8 Å². The summed E-state index contributed by atoms with van der Waals surface area (Å²) in [5.74, 6) is -1.48. The Morgan fingerprint density at radius 2 is 1.31 bits per heavy atom. The topological polar surface area (TPSA) is 100 Å². The van der Waals surface area contributed by atoms with Crippen molar-refractivity contribution < 1.29 is 37.7 Å². The molecule has 9 heteroatoms. The summed E-state index contributed by atoms with van der Waals surface area (Å²) < 4.78 is 34.1. The van der Waals surface area contributed by atoms with Gasteiger partial charge in [-0.1, -0.05) is 12.1 Å². The van der Waals surface area contributed by atoms with Crippen molar-refractivity contribution in [2.75, 3.05) is 13.3 Å². The van der Waals surface area contributed by atoms with Crippen LogP contribution in [0, 0.1) is 5.92 Å². The maximum Gasteiger partial charge on any atom is 0.408 e. The van der Waals surface area contributed by atoms with Crippen LogP contribution in [0.25, 0.3) is 0 Å². The van der Waals surface area contributed by atoms with Gasteiger partial charge in [-0.2, -0.15) is 0 Å². The predicted octanol–water partition coefficient (Wildman–Crippen LogP) is 5.16. The Balaban J connectivity index is 3.21. The van der Waals surface area contributed by atoms with E-state index >= 15 is 0 Å². The van der Waals surface area contributed by atoms with Gasteiger partial charge in [0.15, 0.2) is 0 Å². The molecule has 0 spiro atoms. The fraction of sp³-hybridized carbons (Fsp3) is 0.667. The molecule has 0 saturated heterocycles. The number of nitrogens with one attached hydrogen (secondary N) is 1. The number of ether oxygens (including phenoxy) is 4. The monoisotopic (exact) mass is 510 g/mol. The summed E-state index contributed by atoms with van der Waals surface area (Å²) in [5, 5.41) is 2.56. The Hall–Kier alpha value is -2.84. The van der Waals surface area contributed by atoms with Gasteiger partial charge in [0.25, 0.3) is 0 Å². The van der Waals surface area contributed by atoms with Gasteiger partial charge < -0.3 is 24.3 Å². The summed E-state index contributed by atoms with van der Waals surface area (Å²) in [5.41, 5.74) is -1.56. The normalized spacial score (nSPS) is 13.8. The zero-order chi connectivity index (χ0) is 27.7. The van der Waals surface area contributed by atoms with Crippen molar-refractivity contribution in [2.45, 2.75) is 98.0 Å². The van der Waals surface area contributed by atoms with Crippen LogP contribution >= 0.6 is 0 Å². The molecule has 0 aliphatic heterocycles. The second-order valence-electron chi connectivity index (χ2n) is 11.6. The highest BCUT2D eigenvalue weighted by molar-refractivity contribution is 5.83. The van der Waals surface area contributed by atoms with E-state index in [1.54, 1.807) is 86.6 Å². The zero-order valence-corrected chi connectivity index (χ0v) is 23.0. The number of amides is 1. The molecule has 1 rings (SSSR count). The van der Waals surface area contributed by atoms with Crippen molar-refractivity contribution >= 4 is 18.0 Å². The molecule has 1 amide bonds. The molecule has 1 aromatic rings. The SMILES string of the molecule is CC(C)(C)OC(=O)NC(CC(Cc1ccc(OCC[18F])cc1)C(=O)OC(C)(C)C)C(=O)OC(C)(C)C. The van der Waals surface area contributed by atoms with Crippen molar-refractivity contribution in [1.82, 2.24) is 5.32 Å². The van der Waals surface area contributed by atoms with Crippen LogP contribution in [0.15, 0.2) is 24.3 Å². The summed E-state index contributed by atoms with van der Waals surface area (Å²) in [4.78, 5) is 38.7. The van der Waals surface area contributed by atoms with Gasteiger partial charge in [-0.15, -0.1) is 0 Å². The summed E-state index contributed by atoms with van der Waals surface area (Å²) in [6, 6.07) is 5.73. The molecule has 0 radical (unpaired) electrons. The van der Waals surface area contributed by atoms with Crippen LogP contribution in [-0.2, 0) is 30.2 Å². The van der Waals surface area contributed by atoms with E-state index in [-0.39, 0.29) is 19.4 Å². The maximum atomic E-state index is 13.1. The highest BCUT2D eigenvalue weighted by atomic mass is 18.2. The number of esters is 2. The van der Waals surface area contributed by atoms with Crippen LogP contribution in [0.4, 0.5) is 9.18 Å². The summed E-state index contributed by atoms with van der Waals surface area (Å²) in [6.45, 7) is 14.9. The quantitative estimate of drug-likeness (QED) is 0.343. The van der Waals surface area contributed by atoms with Crippen molar-refractivity contribution in [1.29, 1.82) is 0 Å². The lowest BCUT2D eigenvalue weighted by molar-refractivity contribution is -0.162. The zero-order valence-electron chi connectivity index (χ0n) is 23.0. The average Bonchev–Trinajstić information content (AvgIpc) is 2.68. The van der Waals surface area contributed by atoms with E-state index < -0.39 is 53.5 Å². The summed E-state index contributed by atoms with van der Waals surface area (Å²) in [6.07, 6.45) is -0.632. The molecule has 1 N–H and O–H groups in total. The molecule has 8 nitrogen and oxygen atoms in total. The summed E-state index contributed by atoms with van der Waals surface area (Å²) >= 11 is 0. The molecule has 0 heterocycles. The third-order valence-electron chi connectivity index (χ3n) is 4.39. The highest BCUT2D eigenvalue weighted by Crippen LogP contribution is 2.23. The Morgan fingerprint density at radius 1 is 0.806 bits per heavy atom. The predicted molar refractivity (Wildman–Crippen MR) is 135 cm³/mol. The number of halogens is 1. The first kappa shape index (κ1) is 31.2. The minimum atomic E-state index is -1.15. The van der Waals surface area contributed by atoms with Crippen LogP contribution in [-0.4, -0.2) is 54.2 Å². The van der Waals surface area contributed by atoms with Gasteiger partial charge in [0.1, 0.15) is 41.9 Å². The van der Waals surface area contributed by atoms with E-state index in [2.05, 4.69) is 5.32 Å². The number of rotatable bonds is 10. The van der Waals surface area contributed by atoms with Crippen molar-refractivity contribution in [3.63, 3.8) is 0 Å². The Morgan fingerprint density at radius 3 is 1.78 bits per heavy atom. The van der Waals surface area contributed by atoms with Crippen LogP contribution in [0.5, 0.6) is 5.75 Å². The first-order valence-corrected chi connectivity index (χ1v) is 12.1. The van der Waals surface area contributed by atoms with Crippen molar-refractivity contribution in [2.24, 2.45) is 5.92 Å². The molecule has 1 aromatic carbocycles. The van der Waals surface area contributed by atoms with Crippen LogP contribution < -0.4 is 10.1 Å². The standard InChI is InChI=1S/C27H42FNO7/c1-25(2,3)34-22(30)19(16-18-10-12-20(13-11-18)33-15-14-28)17-21(23(31)35-26(4,5)6)29-24(32)36-27(7,8)9/h10-13,19,21H,14-17H2,1-9H3,(H,29,32)/i28-1. The lowest BCUT2D eigenvalue weighted by atomic mass is 9.92. The minimum absolute atomic E-state index is 0.0478. The van der Waals surface area contributed by atoms with Crippen LogP contribution in [0.3, 0.4) is 0 Å². The third-order valence-corrected chi connectivity index (χ3v) is 4.39. The molecular weight excluding hydrogens is 468 g/mol. The number of benzene rings is 1. The molecule has 0 saturated carbocycles. The van der Waals surface area contributed by atoms with E-state index in [4.69, 9.17) is 18.9 Å². The molecule has 0 fully saturated rings. The number of carbonyl (C=O) groups excluding carboxylic acids is 3. The number of carbonyl (C=O) groups is 3. The van der Waals surface area contributed by atoms with Gasteiger partial charge >= 0.3 is 18.0 Å². The molecule has 2 atom stereocenters. The molecule has 204 valence electrons. The second kappa shape index (κ2) is 12.9. The average molecular weight is 511 g/mol. The van der Waals surface area contributed by atoms with Gasteiger partial charge in [0.2, 0.25) is 0 Å². The van der Waals surface area contributed by atoms with Crippen LogP contribution in [0.2, 0.25) is 0 Å². The Kier molecular flexibility index (Phi) is 11.2. The largest absolute Gasteiger partial charge is 0.491 e. The maximum absolute atomic E-state index is 13.1. The fourth-order valence-corrected chi connectivity index (χ4v) is 3.13. The van der Waals surface area contributed by atoms with Gasteiger partial charge in [-0.05, 0) is 92.9 Å². The van der Waals surface area contributed by atoms with E-state index in [1.807, 2.05) is 0 Å². The van der Waals surface area contributed by atoms with Crippen LogP contribution in [0.1, 0.15) is 74.3 Å². The first-order valence-electron chi connectivity index (χ1n) is 12.1. The Labute approximate surface area is 214 Å². The third kappa shape index (κ3) is 13.3. The highest BCUT2D eigenvalue weighted by Gasteiger charge is 2.35. The molecule has 0 aliphatic rings. The van der Waals surface area contributed by atoms with E-state index in [0.717, 1.165) is 5.56 Å². The van der Waals surface area contributed by atoms with Gasteiger partial charge in [-0.3, -0.25) is 4.79 Å². The molecular formula is C27H42FNO7. The van der Waals surface area contributed by atoms with Gasteiger partial charge in [0, 0.05) is 0 Å². The van der Waals surface area contributed by atoms with Gasteiger partial charge in [0.05, 0.1) is 5.92 Å². The smallest absolute Gasteiger partial charge is 0.408 e. The summed E-state index contributed by atoms with van der Waals surface area (Å²) in [7, 11) is 0. The van der Waals surface area contributed by atoms with E-state index in [1.165, 1.54) is 0 Å². The van der Waals surface area contributed by atoms with Crippen molar-refractivity contribution in [3.8, 4) is 5.75 Å². The molecule has 2 unspecified atom stereocenters. The number of alkyl halides is 1. The number of hydrogen-bond donors (Lipinski definition) is 1. The lowest BCUT2D eigenvalue weighted by Gasteiger charge is -2.29. The molecule has 36 heavy (non-hydrogen) atoms. The fourth-order valence-electron chi connectivity index (χ4n) is 3.13. The molecule has 0 aromatic heterocycles. The molecule has 0 aliphatic carbocycles. The Bertz CT molecular complexity index is 864. The van der Waals surface area contributed by atoms with E-state index in [9.17, 15) is 18.8 Å². The number of hydrogen-bond acceptors (Lipinski definition) is 7. The number of alkyl carbamates (subject to hydrolysis) is 1. The first-order chi connectivity index (χ1) is 16.4. The van der Waals surface area contributed by atoms with E-state index in [0.29, 0.717) is 5.75 Å².